The van der Waals surface area contributed by atoms with E-state index in [9.17, 15) is 0 Å². The lowest BCUT2D eigenvalue weighted by atomic mass is 10.1. The molecule has 10 heteroatoms. The van der Waals surface area contributed by atoms with Crippen LogP contribution in [0.3, 0.4) is 0 Å². The number of hydrogen-bond acceptors (Lipinski definition) is 7. The number of rotatable bonds is 4. The summed E-state index contributed by atoms with van der Waals surface area (Å²) in [6.45, 7) is 2.09. The first-order valence-electron chi connectivity index (χ1n) is 9.94. The zero-order valence-electron chi connectivity index (χ0n) is 16.2. The Hall–Kier alpha value is -3.66. The maximum Gasteiger partial charge on any atom is 0.221 e. The quantitative estimate of drug-likeness (QED) is 0.455. The fraction of sp³-hybridized carbons (Fsp3) is 0.300. The Morgan fingerprint density at radius 1 is 1.03 bits per heavy atom. The number of ether oxygens (including phenoxy) is 1. The van der Waals surface area contributed by atoms with Gasteiger partial charge in [0.15, 0.2) is 5.65 Å². The Bertz CT molecular complexity index is 1330. The summed E-state index contributed by atoms with van der Waals surface area (Å²) in [6, 6.07) is 6.42. The van der Waals surface area contributed by atoms with E-state index in [4.69, 9.17) is 9.72 Å². The van der Waals surface area contributed by atoms with Gasteiger partial charge in [-0.3, -0.25) is 4.68 Å². The smallest absolute Gasteiger partial charge is 0.221 e. The van der Waals surface area contributed by atoms with Crippen molar-refractivity contribution in [3.63, 3.8) is 0 Å². The van der Waals surface area contributed by atoms with Crippen molar-refractivity contribution in [1.82, 2.24) is 44.4 Å². The van der Waals surface area contributed by atoms with Crippen molar-refractivity contribution < 1.29 is 4.74 Å². The topological polar surface area (TPSA) is 101 Å². The summed E-state index contributed by atoms with van der Waals surface area (Å²) in [5, 5.41) is 17.2. The molecular weight excluding hydrogens is 382 g/mol. The van der Waals surface area contributed by atoms with Crippen molar-refractivity contribution >= 4 is 16.8 Å². The van der Waals surface area contributed by atoms with Crippen LogP contribution in [0.1, 0.15) is 24.4 Å². The van der Waals surface area contributed by atoms with Gasteiger partial charge in [-0.15, -0.1) is 5.10 Å². The predicted molar refractivity (Wildman–Crippen MR) is 108 cm³/mol. The van der Waals surface area contributed by atoms with E-state index in [1.165, 1.54) is 0 Å². The normalized spacial score (nSPS) is 15.3. The van der Waals surface area contributed by atoms with Crippen LogP contribution in [-0.4, -0.2) is 57.6 Å². The van der Waals surface area contributed by atoms with Crippen LogP contribution in [0.15, 0.2) is 49.2 Å². The second kappa shape index (κ2) is 6.99. The number of aromatic nitrogens is 9. The van der Waals surface area contributed by atoms with Crippen molar-refractivity contribution in [3.8, 4) is 11.3 Å². The van der Waals surface area contributed by atoms with Crippen LogP contribution >= 0.6 is 0 Å². The molecule has 6 heterocycles. The third-order valence-corrected chi connectivity index (χ3v) is 5.48. The lowest BCUT2D eigenvalue weighted by molar-refractivity contribution is 0.0662. The van der Waals surface area contributed by atoms with Crippen LogP contribution in [0.2, 0.25) is 0 Å². The molecule has 1 fully saturated rings. The van der Waals surface area contributed by atoms with Gasteiger partial charge in [0, 0.05) is 37.4 Å². The zero-order chi connectivity index (χ0) is 19.9. The zero-order valence-corrected chi connectivity index (χ0v) is 16.2. The van der Waals surface area contributed by atoms with Crippen LogP contribution in [0.5, 0.6) is 0 Å². The standard InChI is InChI=1S/C20H19N9O/c1-2-16-3-6-22-27(16)11-14(1)12-29-20-19(25-26-29)21-10-18(24-20)15-9-23-28(13-15)17-4-7-30-8-5-17/h1-3,6,9-11,13,17H,4-5,7-8,12H2. The van der Waals surface area contributed by atoms with E-state index >= 15 is 0 Å². The van der Waals surface area contributed by atoms with Crippen LogP contribution in [0, 0.1) is 0 Å². The Balaban J connectivity index is 1.31. The number of nitrogens with zero attached hydrogens (tertiary/aromatic N) is 9. The van der Waals surface area contributed by atoms with Gasteiger partial charge in [-0.25, -0.2) is 19.2 Å². The van der Waals surface area contributed by atoms with Crippen molar-refractivity contribution in [1.29, 1.82) is 0 Å². The Morgan fingerprint density at radius 3 is 2.90 bits per heavy atom. The maximum absolute atomic E-state index is 5.45. The SMILES string of the molecule is c1cc2ccc(Cn3nnc4ncc(-c5cnn(C6CCOCC6)c5)nc43)cn2n1. The molecule has 1 aliphatic rings. The summed E-state index contributed by atoms with van der Waals surface area (Å²) >= 11 is 0. The second-order valence-corrected chi connectivity index (χ2v) is 7.44. The molecule has 10 nitrogen and oxygen atoms in total. The molecule has 0 amide bonds. The number of pyridine rings is 1. The molecule has 0 aromatic carbocycles. The molecule has 5 aromatic heterocycles. The molecule has 0 saturated carbocycles. The van der Waals surface area contributed by atoms with Crippen molar-refractivity contribution in [2.24, 2.45) is 0 Å². The predicted octanol–water partition coefficient (Wildman–Crippen LogP) is 2.13. The Kier molecular flexibility index (Phi) is 4.01. The summed E-state index contributed by atoms with van der Waals surface area (Å²) < 4.78 is 11.1. The third-order valence-electron chi connectivity index (χ3n) is 5.48. The van der Waals surface area contributed by atoms with Gasteiger partial charge >= 0.3 is 0 Å². The molecule has 0 unspecified atom stereocenters. The molecule has 0 N–H and O–H groups in total. The molecule has 0 aliphatic carbocycles. The summed E-state index contributed by atoms with van der Waals surface area (Å²) in [7, 11) is 0. The minimum Gasteiger partial charge on any atom is -0.381 e. The molecule has 6 rings (SSSR count). The minimum atomic E-state index is 0.369. The molecule has 1 aliphatic heterocycles. The van der Waals surface area contributed by atoms with E-state index < -0.39 is 0 Å². The van der Waals surface area contributed by atoms with Crippen molar-refractivity contribution in [3.05, 3.63) is 54.7 Å². The molecule has 0 spiro atoms. The fourth-order valence-corrected chi connectivity index (χ4v) is 3.84. The van der Waals surface area contributed by atoms with Crippen LogP contribution in [0.25, 0.3) is 28.1 Å². The highest BCUT2D eigenvalue weighted by atomic mass is 16.5. The van der Waals surface area contributed by atoms with Gasteiger partial charge in [-0.05, 0) is 30.5 Å². The van der Waals surface area contributed by atoms with E-state index in [1.54, 1.807) is 17.1 Å². The summed E-state index contributed by atoms with van der Waals surface area (Å²) in [6.07, 6.45) is 11.3. The lowest BCUT2D eigenvalue weighted by Crippen LogP contribution is -2.19. The van der Waals surface area contributed by atoms with Gasteiger partial charge < -0.3 is 4.74 Å². The van der Waals surface area contributed by atoms with Crippen LogP contribution < -0.4 is 0 Å². The molecule has 0 atom stereocenters. The molecule has 0 radical (unpaired) electrons. The second-order valence-electron chi connectivity index (χ2n) is 7.44. The molecule has 150 valence electrons. The number of hydrogen-bond donors (Lipinski definition) is 0. The summed E-state index contributed by atoms with van der Waals surface area (Å²) in [4.78, 5) is 9.24. The average molecular weight is 401 g/mol. The molecule has 1 saturated heterocycles. The van der Waals surface area contributed by atoms with E-state index in [1.807, 2.05) is 39.9 Å². The van der Waals surface area contributed by atoms with E-state index in [0.717, 1.165) is 48.4 Å². The largest absolute Gasteiger partial charge is 0.381 e. The minimum absolute atomic E-state index is 0.369. The van der Waals surface area contributed by atoms with Gasteiger partial charge in [0.1, 0.15) is 0 Å². The van der Waals surface area contributed by atoms with E-state index in [0.29, 0.717) is 23.9 Å². The van der Waals surface area contributed by atoms with Gasteiger partial charge in [-0.2, -0.15) is 10.2 Å². The van der Waals surface area contributed by atoms with Gasteiger partial charge in [0.25, 0.3) is 0 Å². The maximum atomic E-state index is 5.45. The van der Waals surface area contributed by atoms with Gasteiger partial charge in [0.2, 0.25) is 5.65 Å². The highest BCUT2D eigenvalue weighted by molar-refractivity contribution is 5.69. The van der Waals surface area contributed by atoms with Crippen LogP contribution in [-0.2, 0) is 11.3 Å². The molecule has 0 bridgehead atoms. The number of fused-ring (bicyclic) bond motifs is 2. The summed E-state index contributed by atoms with van der Waals surface area (Å²) in [5.74, 6) is 0. The van der Waals surface area contributed by atoms with Gasteiger partial charge in [0.05, 0.1) is 36.2 Å². The first-order chi connectivity index (χ1) is 14.8. The third kappa shape index (κ3) is 3.01. The van der Waals surface area contributed by atoms with E-state index in [2.05, 4.69) is 31.6 Å². The van der Waals surface area contributed by atoms with E-state index in [-0.39, 0.29) is 0 Å². The molecular formula is C20H19N9O. The van der Waals surface area contributed by atoms with Gasteiger partial charge in [-0.1, -0.05) is 11.3 Å². The summed E-state index contributed by atoms with van der Waals surface area (Å²) in [5.41, 5.74) is 4.96. The first kappa shape index (κ1) is 17.2. The van der Waals surface area contributed by atoms with Crippen molar-refractivity contribution in [2.45, 2.75) is 25.4 Å². The molecule has 5 aromatic rings. The lowest BCUT2D eigenvalue weighted by Gasteiger charge is -2.22. The average Bonchev–Trinajstić information content (AvgIpc) is 3.54. The fourth-order valence-electron chi connectivity index (χ4n) is 3.84. The first-order valence-corrected chi connectivity index (χ1v) is 9.94. The Morgan fingerprint density at radius 2 is 1.97 bits per heavy atom. The monoisotopic (exact) mass is 401 g/mol. The highest BCUT2D eigenvalue weighted by Gasteiger charge is 2.18. The van der Waals surface area contributed by atoms with Crippen LogP contribution in [0.4, 0.5) is 0 Å². The highest BCUT2D eigenvalue weighted by Crippen LogP contribution is 2.24. The van der Waals surface area contributed by atoms with Crippen molar-refractivity contribution in [2.75, 3.05) is 13.2 Å². The molecule has 30 heavy (non-hydrogen) atoms. The Labute approximate surface area is 171 Å².